The van der Waals surface area contributed by atoms with Crippen molar-refractivity contribution in [1.29, 1.82) is 0 Å². The molecule has 1 saturated heterocycles. The number of aromatic nitrogens is 3. The van der Waals surface area contributed by atoms with Gasteiger partial charge in [-0.05, 0) is 26.0 Å². The van der Waals surface area contributed by atoms with Crippen molar-refractivity contribution in [2.75, 3.05) is 31.1 Å². The van der Waals surface area contributed by atoms with Crippen molar-refractivity contribution >= 4 is 5.82 Å². The summed E-state index contributed by atoms with van der Waals surface area (Å²) in [7, 11) is 0. The van der Waals surface area contributed by atoms with Crippen LogP contribution in [-0.4, -0.2) is 58.4 Å². The molecule has 0 aliphatic carbocycles. The maximum absolute atomic E-state index is 12.6. The van der Waals surface area contributed by atoms with E-state index in [1.54, 1.807) is 26.1 Å². The highest BCUT2D eigenvalue weighted by atomic mass is 19.4. The van der Waals surface area contributed by atoms with E-state index in [1.807, 2.05) is 11.0 Å². The van der Waals surface area contributed by atoms with Gasteiger partial charge in [0.1, 0.15) is 5.82 Å². The molecule has 2 aromatic heterocycles. The normalized spacial score (nSPS) is 19.7. The Hall–Kier alpha value is -2.16. The maximum Gasteiger partial charge on any atom is 0.401 e. The zero-order valence-corrected chi connectivity index (χ0v) is 13.4. The van der Waals surface area contributed by atoms with E-state index in [2.05, 4.69) is 15.1 Å². The molecule has 1 aliphatic heterocycles. The van der Waals surface area contributed by atoms with Crippen molar-refractivity contribution in [3.63, 3.8) is 0 Å². The Labute approximate surface area is 137 Å². The zero-order chi connectivity index (χ0) is 17.3. The van der Waals surface area contributed by atoms with Crippen molar-refractivity contribution in [3.8, 4) is 11.5 Å². The van der Waals surface area contributed by atoms with Gasteiger partial charge in [-0.1, -0.05) is 5.16 Å². The molecule has 3 rings (SSSR count). The van der Waals surface area contributed by atoms with Gasteiger partial charge in [0.05, 0.1) is 6.54 Å². The van der Waals surface area contributed by atoms with Crippen molar-refractivity contribution in [3.05, 3.63) is 24.2 Å². The average molecular weight is 341 g/mol. The smallest absolute Gasteiger partial charge is 0.354 e. The van der Waals surface area contributed by atoms with E-state index in [9.17, 15) is 13.2 Å². The minimum absolute atomic E-state index is 0.212. The second-order valence-corrected chi connectivity index (χ2v) is 5.93. The van der Waals surface area contributed by atoms with Crippen LogP contribution < -0.4 is 4.90 Å². The third kappa shape index (κ3) is 3.84. The largest absolute Gasteiger partial charge is 0.401 e. The third-order valence-corrected chi connectivity index (χ3v) is 3.99. The number of halogens is 3. The second-order valence-electron chi connectivity index (χ2n) is 5.93. The summed E-state index contributed by atoms with van der Waals surface area (Å²) in [5.74, 6) is 1.64. The van der Waals surface area contributed by atoms with Gasteiger partial charge in [0.15, 0.2) is 5.82 Å². The quantitative estimate of drug-likeness (QED) is 0.855. The van der Waals surface area contributed by atoms with E-state index in [0.717, 1.165) is 5.56 Å². The molecule has 0 N–H and O–H groups in total. The fourth-order valence-corrected chi connectivity index (χ4v) is 2.81. The molecule has 24 heavy (non-hydrogen) atoms. The van der Waals surface area contributed by atoms with Crippen molar-refractivity contribution in [1.82, 2.24) is 20.0 Å². The Balaban J connectivity index is 1.72. The van der Waals surface area contributed by atoms with Gasteiger partial charge in [-0.3, -0.25) is 4.90 Å². The number of aryl methyl sites for hydroxylation is 1. The predicted molar refractivity (Wildman–Crippen MR) is 81.6 cm³/mol. The molecule has 1 aliphatic rings. The highest BCUT2D eigenvalue weighted by Gasteiger charge is 2.35. The summed E-state index contributed by atoms with van der Waals surface area (Å²) < 4.78 is 42.9. The van der Waals surface area contributed by atoms with Crippen molar-refractivity contribution in [2.24, 2.45) is 0 Å². The summed E-state index contributed by atoms with van der Waals surface area (Å²) in [5.41, 5.74) is 0.742. The van der Waals surface area contributed by atoms with Crippen LogP contribution in [0.3, 0.4) is 0 Å². The van der Waals surface area contributed by atoms with Crippen LogP contribution in [-0.2, 0) is 0 Å². The minimum Gasteiger partial charge on any atom is -0.354 e. The van der Waals surface area contributed by atoms with Gasteiger partial charge >= 0.3 is 6.18 Å². The molecule has 0 radical (unpaired) electrons. The number of hydrogen-bond acceptors (Lipinski definition) is 6. The first-order chi connectivity index (χ1) is 11.3. The molecule has 1 atom stereocenters. The number of alkyl halides is 3. The summed E-state index contributed by atoms with van der Waals surface area (Å²) in [6.07, 6.45) is -2.54. The molecule has 6 nitrogen and oxygen atoms in total. The lowest BCUT2D eigenvalue weighted by Gasteiger charge is -2.40. The van der Waals surface area contributed by atoms with Crippen LogP contribution in [0.25, 0.3) is 11.5 Å². The fraction of sp³-hybridized carbons (Fsp3) is 0.533. The summed E-state index contributed by atoms with van der Waals surface area (Å²) >= 11 is 0. The van der Waals surface area contributed by atoms with Crippen molar-refractivity contribution in [2.45, 2.75) is 26.1 Å². The van der Waals surface area contributed by atoms with Gasteiger partial charge in [-0.2, -0.15) is 18.2 Å². The molecular formula is C15H18F3N5O. The molecule has 9 heteroatoms. The van der Waals surface area contributed by atoms with E-state index in [1.165, 1.54) is 4.90 Å². The molecule has 0 spiro atoms. The Morgan fingerprint density at radius 3 is 2.75 bits per heavy atom. The highest BCUT2D eigenvalue weighted by molar-refractivity contribution is 5.58. The van der Waals surface area contributed by atoms with E-state index in [4.69, 9.17) is 4.52 Å². The van der Waals surface area contributed by atoms with Crippen molar-refractivity contribution < 1.29 is 17.7 Å². The summed E-state index contributed by atoms with van der Waals surface area (Å²) in [6.45, 7) is 3.96. The molecule has 0 bridgehead atoms. The van der Waals surface area contributed by atoms with Crippen LogP contribution in [0.1, 0.15) is 12.7 Å². The van der Waals surface area contributed by atoms with Crippen LogP contribution >= 0.6 is 0 Å². The molecule has 3 heterocycles. The Morgan fingerprint density at radius 1 is 1.33 bits per heavy atom. The van der Waals surface area contributed by atoms with Gasteiger partial charge < -0.3 is 9.42 Å². The Morgan fingerprint density at radius 2 is 2.12 bits per heavy atom. The number of piperazine rings is 1. The summed E-state index contributed by atoms with van der Waals surface area (Å²) in [6, 6.07) is 3.37. The van der Waals surface area contributed by atoms with Gasteiger partial charge in [-0.15, -0.1) is 0 Å². The minimum atomic E-state index is -4.18. The molecule has 130 valence electrons. The standard InChI is InChI=1S/C15H18F3N5O/c1-10-8-22(5-6-23(10)9-15(16,17)18)13-7-12(3-4-19-13)14-20-11(2)21-24-14/h3-4,7,10H,5-6,8-9H2,1-2H3. The van der Waals surface area contributed by atoms with Crippen LogP contribution in [0.5, 0.6) is 0 Å². The van der Waals surface area contributed by atoms with Gasteiger partial charge in [-0.25, -0.2) is 4.98 Å². The highest BCUT2D eigenvalue weighted by Crippen LogP contribution is 2.25. The maximum atomic E-state index is 12.6. The number of nitrogens with zero attached hydrogens (tertiary/aromatic N) is 5. The van der Waals surface area contributed by atoms with Gasteiger partial charge in [0.2, 0.25) is 0 Å². The molecule has 0 amide bonds. The molecule has 1 fully saturated rings. The molecule has 0 aromatic carbocycles. The van der Waals surface area contributed by atoms with Crippen LogP contribution in [0, 0.1) is 6.92 Å². The van der Waals surface area contributed by atoms with Gasteiger partial charge in [0.25, 0.3) is 5.89 Å². The zero-order valence-electron chi connectivity index (χ0n) is 13.4. The number of rotatable bonds is 3. The molecule has 1 unspecified atom stereocenters. The van der Waals surface area contributed by atoms with E-state index >= 15 is 0 Å². The van der Waals surface area contributed by atoms with E-state index in [0.29, 0.717) is 37.2 Å². The van der Waals surface area contributed by atoms with E-state index in [-0.39, 0.29) is 6.04 Å². The van der Waals surface area contributed by atoms with Gasteiger partial charge in [0, 0.05) is 37.4 Å². The van der Waals surface area contributed by atoms with E-state index < -0.39 is 12.7 Å². The summed E-state index contributed by atoms with van der Waals surface area (Å²) in [5, 5.41) is 3.76. The number of pyridine rings is 1. The monoisotopic (exact) mass is 341 g/mol. The van der Waals surface area contributed by atoms with Crippen LogP contribution in [0.4, 0.5) is 19.0 Å². The second kappa shape index (κ2) is 6.39. The summed E-state index contributed by atoms with van der Waals surface area (Å²) in [4.78, 5) is 11.9. The lowest BCUT2D eigenvalue weighted by Crippen LogP contribution is -2.54. The lowest BCUT2D eigenvalue weighted by molar-refractivity contribution is -0.150. The number of anilines is 1. The Bertz CT molecular complexity index is 702. The molecular weight excluding hydrogens is 323 g/mol. The number of hydrogen-bond donors (Lipinski definition) is 0. The lowest BCUT2D eigenvalue weighted by atomic mass is 10.1. The first-order valence-electron chi connectivity index (χ1n) is 7.64. The van der Waals surface area contributed by atoms with Crippen LogP contribution in [0.15, 0.2) is 22.9 Å². The predicted octanol–water partition coefficient (Wildman–Crippen LogP) is 2.51. The molecule has 0 saturated carbocycles. The fourth-order valence-electron chi connectivity index (χ4n) is 2.81. The topological polar surface area (TPSA) is 58.3 Å². The SMILES string of the molecule is Cc1noc(-c2ccnc(N3CCN(CC(F)(F)F)C(C)C3)c2)n1. The molecule has 2 aromatic rings. The average Bonchev–Trinajstić information content (AvgIpc) is 2.95. The first kappa shape index (κ1) is 16.7. The van der Waals surface area contributed by atoms with Crippen LogP contribution in [0.2, 0.25) is 0 Å². The Kier molecular flexibility index (Phi) is 4.44. The first-order valence-corrected chi connectivity index (χ1v) is 7.64. The third-order valence-electron chi connectivity index (χ3n) is 3.99.